The first kappa shape index (κ1) is 12.5. The van der Waals surface area contributed by atoms with Crippen LogP contribution in [0.4, 0.5) is 0 Å². The molecule has 0 fully saturated rings. The standard InChI is InChI=1S/C10H17NOS/c1-5-10(9(3)12)6-8(2)11-7-13-4/h5-7,9,12H,1-4H3/b8-6+,10-5+,11-7-. The monoisotopic (exact) mass is 199 g/mol. The third-order valence-corrected chi connectivity index (χ3v) is 1.87. The van der Waals surface area contributed by atoms with Gasteiger partial charge in [-0.1, -0.05) is 6.08 Å². The first-order chi connectivity index (χ1) is 6.11. The van der Waals surface area contributed by atoms with Gasteiger partial charge >= 0.3 is 0 Å². The molecule has 2 nitrogen and oxygen atoms in total. The van der Waals surface area contributed by atoms with E-state index in [0.29, 0.717) is 0 Å². The van der Waals surface area contributed by atoms with Gasteiger partial charge in [0, 0.05) is 5.70 Å². The summed E-state index contributed by atoms with van der Waals surface area (Å²) in [6.45, 7) is 5.57. The van der Waals surface area contributed by atoms with E-state index in [1.54, 1.807) is 24.2 Å². The van der Waals surface area contributed by atoms with Gasteiger partial charge < -0.3 is 5.11 Å². The average Bonchev–Trinajstić information content (AvgIpc) is 2.10. The van der Waals surface area contributed by atoms with Crippen LogP contribution in [0.3, 0.4) is 0 Å². The molecule has 0 aliphatic rings. The fourth-order valence-corrected chi connectivity index (χ4v) is 1.13. The number of allylic oxidation sites excluding steroid dienone is 2. The second kappa shape index (κ2) is 6.92. The van der Waals surface area contributed by atoms with E-state index in [1.165, 1.54) is 0 Å². The molecule has 1 atom stereocenters. The van der Waals surface area contributed by atoms with Crippen molar-refractivity contribution in [3.8, 4) is 0 Å². The summed E-state index contributed by atoms with van der Waals surface area (Å²) in [6.07, 6.45) is 5.31. The average molecular weight is 199 g/mol. The van der Waals surface area contributed by atoms with Crippen molar-refractivity contribution in [3.05, 3.63) is 23.4 Å². The lowest BCUT2D eigenvalue weighted by Crippen LogP contribution is -2.01. The molecule has 0 amide bonds. The van der Waals surface area contributed by atoms with Gasteiger partial charge in [-0.05, 0) is 38.7 Å². The highest BCUT2D eigenvalue weighted by atomic mass is 32.2. The Morgan fingerprint density at radius 1 is 1.54 bits per heavy atom. The van der Waals surface area contributed by atoms with Crippen molar-refractivity contribution in [1.29, 1.82) is 0 Å². The Morgan fingerprint density at radius 2 is 2.15 bits per heavy atom. The highest BCUT2D eigenvalue weighted by molar-refractivity contribution is 8.11. The van der Waals surface area contributed by atoms with Crippen molar-refractivity contribution >= 4 is 17.3 Å². The zero-order valence-corrected chi connectivity index (χ0v) is 9.43. The minimum atomic E-state index is -0.426. The molecule has 0 aromatic rings. The fraction of sp³-hybridized carbons (Fsp3) is 0.500. The molecule has 13 heavy (non-hydrogen) atoms. The molecule has 0 aliphatic carbocycles. The number of nitrogens with zero attached hydrogens (tertiary/aromatic N) is 1. The number of rotatable bonds is 4. The predicted octanol–water partition coefficient (Wildman–Crippen LogP) is 2.61. The van der Waals surface area contributed by atoms with Gasteiger partial charge in [0.15, 0.2) is 0 Å². The van der Waals surface area contributed by atoms with Gasteiger partial charge in [0.25, 0.3) is 0 Å². The summed E-state index contributed by atoms with van der Waals surface area (Å²) in [5.74, 6) is 0. The second-order valence-corrected chi connectivity index (χ2v) is 3.40. The molecule has 1 unspecified atom stereocenters. The van der Waals surface area contributed by atoms with E-state index >= 15 is 0 Å². The molecule has 0 saturated carbocycles. The van der Waals surface area contributed by atoms with Gasteiger partial charge in [0.1, 0.15) is 0 Å². The zero-order chi connectivity index (χ0) is 10.3. The van der Waals surface area contributed by atoms with E-state index in [-0.39, 0.29) is 0 Å². The van der Waals surface area contributed by atoms with E-state index in [4.69, 9.17) is 0 Å². The minimum Gasteiger partial charge on any atom is -0.389 e. The number of aliphatic hydroxyl groups excluding tert-OH is 1. The van der Waals surface area contributed by atoms with Crippen molar-refractivity contribution in [2.45, 2.75) is 26.9 Å². The first-order valence-electron chi connectivity index (χ1n) is 4.19. The van der Waals surface area contributed by atoms with E-state index < -0.39 is 6.10 Å². The minimum absolute atomic E-state index is 0.426. The van der Waals surface area contributed by atoms with Crippen molar-refractivity contribution < 1.29 is 5.11 Å². The number of hydrogen-bond acceptors (Lipinski definition) is 3. The van der Waals surface area contributed by atoms with Crippen molar-refractivity contribution in [1.82, 2.24) is 0 Å². The van der Waals surface area contributed by atoms with Gasteiger partial charge in [0.2, 0.25) is 0 Å². The summed E-state index contributed by atoms with van der Waals surface area (Å²) >= 11 is 1.56. The molecule has 0 spiro atoms. The lowest BCUT2D eigenvalue weighted by atomic mass is 10.1. The SMILES string of the molecule is C\C=C(/C=C(C)/N=C\SC)C(C)O. The van der Waals surface area contributed by atoms with Crippen molar-refractivity contribution in [2.75, 3.05) is 6.26 Å². The topological polar surface area (TPSA) is 32.6 Å². The number of hydrogen-bond donors (Lipinski definition) is 1. The van der Waals surface area contributed by atoms with Crippen LogP contribution in [0.1, 0.15) is 20.8 Å². The van der Waals surface area contributed by atoms with Crippen LogP contribution in [0.15, 0.2) is 28.4 Å². The molecule has 0 rings (SSSR count). The molecule has 0 heterocycles. The van der Waals surface area contributed by atoms with E-state index in [1.807, 2.05) is 32.3 Å². The van der Waals surface area contributed by atoms with Crippen LogP contribution >= 0.6 is 11.8 Å². The molecular weight excluding hydrogens is 182 g/mol. The smallest absolute Gasteiger partial charge is 0.0759 e. The number of aliphatic imine (C=N–C) groups is 1. The van der Waals surface area contributed by atoms with Crippen LogP contribution in [0, 0.1) is 0 Å². The van der Waals surface area contributed by atoms with Crippen LogP contribution in [0.5, 0.6) is 0 Å². The maximum Gasteiger partial charge on any atom is 0.0759 e. The Hall–Kier alpha value is -0.540. The van der Waals surface area contributed by atoms with Crippen LogP contribution in [0.2, 0.25) is 0 Å². The first-order valence-corrected chi connectivity index (χ1v) is 5.48. The summed E-state index contributed by atoms with van der Waals surface area (Å²) < 4.78 is 0. The predicted molar refractivity (Wildman–Crippen MR) is 61.2 cm³/mol. The second-order valence-electron chi connectivity index (χ2n) is 2.72. The quantitative estimate of drug-likeness (QED) is 0.429. The molecule has 0 radical (unpaired) electrons. The summed E-state index contributed by atoms with van der Waals surface area (Å²) in [4.78, 5) is 4.16. The lowest BCUT2D eigenvalue weighted by molar-refractivity contribution is 0.235. The molecule has 0 saturated heterocycles. The lowest BCUT2D eigenvalue weighted by Gasteiger charge is -2.04. The van der Waals surface area contributed by atoms with Gasteiger partial charge in [-0.3, -0.25) is 4.99 Å². The highest BCUT2D eigenvalue weighted by Crippen LogP contribution is 2.08. The summed E-state index contributed by atoms with van der Waals surface area (Å²) in [6, 6.07) is 0. The van der Waals surface area contributed by atoms with Gasteiger partial charge in [-0.15, -0.1) is 11.8 Å². The summed E-state index contributed by atoms with van der Waals surface area (Å²) in [5, 5.41) is 9.32. The fourth-order valence-electron chi connectivity index (χ4n) is 0.859. The van der Waals surface area contributed by atoms with Crippen LogP contribution in [-0.4, -0.2) is 23.0 Å². The van der Waals surface area contributed by atoms with E-state index in [9.17, 15) is 5.11 Å². The van der Waals surface area contributed by atoms with Crippen LogP contribution in [0.25, 0.3) is 0 Å². The number of aliphatic hydroxyl groups is 1. The third-order valence-electron chi connectivity index (χ3n) is 1.55. The van der Waals surface area contributed by atoms with Gasteiger partial charge in [-0.25, -0.2) is 0 Å². The van der Waals surface area contributed by atoms with Crippen molar-refractivity contribution in [3.63, 3.8) is 0 Å². The van der Waals surface area contributed by atoms with Gasteiger partial charge in [0.05, 0.1) is 11.7 Å². The molecule has 1 N–H and O–H groups in total. The van der Waals surface area contributed by atoms with Crippen LogP contribution in [-0.2, 0) is 0 Å². The molecule has 0 bridgehead atoms. The number of thioether (sulfide) groups is 1. The van der Waals surface area contributed by atoms with E-state index in [0.717, 1.165) is 11.3 Å². The molecule has 74 valence electrons. The molecule has 0 aromatic heterocycles. The van der Waals surface area contributed by atoms with Crippen molar-refractivity contribution in [2.24, 2.45) is 4.99 Å². The third kappa shape index (κ3) is 5.66. The summed E-state index contributed by atoms with van der Waals surface area (Å²) in [5.41, 5.74) is 3.58. The Kier molecular flexibility index (Phi) is 6.63. The Balaban J connectivity index is 4.44. The maximum atomic E-state index is 9.32. The molecular formula is C10H17NOS. The van der Waals surface area contributed by atoms with E-state index in [2.05, 4.69) is 4.99 Å². The maximum absolute atomic E-state index is 9.32. The molecule has 0 aliphatic heterocycles. The van der Waals surface area contributed by atoms with Gasteiger partial charge in [-0.2, -0.15) is 0 Å². The Morgan fingerprint density at radius 3 is 2.54 bits per heavy atom. The molecule has 0 aromatic carbocycles. The van der Waals surface area contributed by atoms with Crippen LogP contribution < -0.4 is 0 Å². The summed E-state index contributed by atoms with van der Waals surface area (Å²) in [7, 11) is 0. The largest absolute Gasteiger partial charge is 0.389 e. The Labute approximate surface area is 84.5 Å². The normalized spacial score (nSPS) is 16.7. The highest BCUT2D eigenvalue weighted by Gasteiger charge is 1.99. The molecule has 3 heteroatoms. The zero-order valence-electron chi connectivity index (χ0n) is 8.61. The Bertz CT molecular complexity index is 229.